The molecule has 2 unspecified atom stereocenters. The SMILES string of the molecule is COCCN(C(=O)CC1CCCNC1)C1CCS(=O)(=O)C1. The Hall–Kier alpha value is -0.660. The summed E-state index contributed by atoms with van der Waals surface area (Å²) in [6.45, 7) is 2.84. The first kappa shape index (κ1) is 16.7. The van der Waals surface area contributed by atoms with Gasteiger partial charge in [0, 0.05) is 26.1 Å². The number of ether oxygens (including phenoxy) is 1. The first-order valence-electron chi connectivity index (χ1n) is 7.71. The highest BCUT2D eigenvalue weighted by atomic mass is 32.2. The zero-order chi connectivity index (χ0) is 15.3. The van der Waals surface area contributed by atoms with Crippen molar-refractivity contribution >= 4 is 15.7 Å². The van der Waals surface area contributed by atoms with Crippen molar-refractivity contribution in [3.05, 3.63) is 0 Å². The molecule has 1 amide bonds. The Bertz CT molecular complexity index is 446. The van der Waals surface area contributed by atoms with Crippen LogP contribution in [0.4, 0.5) is 0 Å². The molecule has 7 heteroatoms. The number of nitrogens with one attached hydrogen (secondary N) is 1. The normalized spacial score (nSPS) is 28.4. The quantitative estimate of drug-likeness (QED) is 0.748. The van der Waals surface area contributed by atoms with Gasteiger partial charge in [0.1, 0.15) is 0 Å². The van der Waals surface area contributed by atoms with Crippen molar-refractivity contribution in [2.75, 3.05) is 44.9 Å². The molecular weight excluding hydrogens is 292 g/mol. The maximum absolute atomic E-state index is 12.6. The molecule has 0 saturated carbocycles. The van der Waals surface area contributed by atoms with Gasteiger partial charge in [-0.3, -0.25) is 4.79 Å². The van der Waals surface area contributed by atoms with E-state index in [2.05, 4.69) is 5.32 Å². The van der Waals surface area contributed by atoms with E-state index in [4.69, 9.17) is 4.74 Å². The van der Waals surface area contributed by atoms with Crippen LogP contribution < -0.4 is 5.32 Å². The summed E-state index contributed by atoms with van der Waals surface area (Å²) in [7, 11) is -1.38. The van der Waals surface area contributed by atoms with Crippen LogP contribution in [-0.4, -0.2) is 70.1 Å². The van der Waals surface area contributed by atoms with Gasteiger partial charge < -0.3 is 15.0 Å². The number of amides is 1. The van der Waals surface area contributed by atoms with Gasteiger partial charge in [-0.05, 0) is 38.3 Å². The number of carbonyl (C=O) groups excluding carboxylic acids is 1. The molecular formula is C14H26N2O4S. The molecule has 0 spiro atoms. The van der Waals surface area contributed by atoms with Gasteiger partial charge in [0.2, 0.25) is 5.91 Å². The molecule has 2 saturated heterocycles. The maximum atomic E-state index is 12.6. The van der Waals surface area contributed by atoms with E-state index in [-0.39, 0.29) is 23.5 Å². The van der Waals surface area contributed by atoms with Crippen molar-refractivity contribution in [3.63, 3.8) is 0 Å². The lowest BCUT2D eigenvalue weighted by Crippen LogP contribution is -2.44. The van der Waals surface area contributed by atoms with Crippen LogP contribution in [-0.2, 0) is 19.4 Å². The summed E-state index contributed by atoms with van der Waals surface area (Å²) in [5.74, 6) is 0.738. The summed E-state index contributed by atoms with van der Waals surface area (Å²) in [5.41, 5.74) is 0. The van der Waals surface area contributed by atoms with Crippen LogP contribution in [0, 0.1) is 5.92 Å². The fourth-order valence-electron chi connectivity index (χ4n) is 3.18. The predicted octanol–water partition coefficient (Wildman–Crippen LogP) is 0.0382. The van der Waals surface area contributed by atoms with Crippen molar-refractivity contribution in [1.82, 2.24) is 10.2 Å². The number of methoxy groups -OCH3 is 1. The molecule has 2 fully saturated rings. The Labute approximate surface area is 127 Å². The van der Waals surface area contributed by atoms with Gasteiger partial charge >= 0.3 is 0 Å². The Morgan fingerprint density at radius 1 is 1.38 bits per heavy atom. The van der Waals surface area contributed by atoms with E-state index in [1.165, 1.54) is 0 Å². The molecule has 0 aromatic carbocycles. The third-order valence-corrected chi connectivity index (χ3v) is 6.12. The Morgan fingerprint density at radius 2 is 2.19 bits per heavy atom. The summed E-state index contributed by atoms with van der Waals surface area (Å²) in [6, 6.07) is -0.172. The van der Waals surface area contributed by atoms with E-state index in [0.29, 0.717) is 31.9 Å². The lowest BCUT2D eigenvalue weighted by atomic mass is 9.95. The van der Waals surface area contributed by atoms with Crippen molar-refractivity contribution in [1.29, 1.82) is 0 Å². The van der Waals surface area contributed by atoms with Gasteiger partial charge in [0.05, 0.1) is 18.1 Å². The standard InChI is InChI=1S/C14H26N2O4S/c1-20-7-6-16(13-4-8-21(18,19)11-13)14(17)9-12-3-2-5-15-10-12/h12-13,15H,2-11H2,1H3. The van der Waals surface area contributed by atoms with E-state index >= 15 is 0 Å². The monoisotopic (exact) mass is 318 g/mol. The topological polar surface area (TPSA) is 75.7 Å². The lowest BCUT2D eigenvalue weighted by Gasteiger charge is -2.31. The Balaban J connectivity index is 1.95. The molecule has 122 valence electrons. The minimum atomic E-state index is -2.98. The van der Waals surface area contributed by atoms with Crippen LogP contribution in [0.3, 0.4) is 0 Å². The summed E-state index contributed by atoms with van der Waals surface area (Å²) < 4.78 is 28.4. The summed E-state index contributed by atoms with van der Waals surface area (Å²) in [5, 5.41) is 3.31. The molecule has 0 bridgehead atoms. The average Bonchev–Trinajstić information content (AvgIpc) is 2.80. The second kappa shape index (κ2) is 7.56. The highest BCUT2D eigenvalue weighted by Crippen LogP contribution is 2.21. The minimum Gasteiger partial charge on any atom is -0.383 e. The second-order valence-corrected chi connectivity index (χ2v) is 8.28. The first-order valence-corrected chi connectivity index (χ1v) is 9.53. The molecule has 2 heterocycles. The van der Waals surface area contributed by atoms with Crippen molar-refractivity contribution in [2.45, 2.75) is 31.7 Å². The van der Waals surface area contributed by atoms with Crippen LogP contribution in [0.5, 0.6) is 0 Å². The molecule has 21 heavy (non-hydrogen) atoms. The second-order valence-electron chi connectivity index (χ2n) is 6.05. The van der Waals surface area contributed by atoms with Crippen LogP contribution in [0.25, 0.3) is 0 Å². The smallest absolute Gasteiger partial charge is 0.223 e. The molecule has 1 N–H and O–H groups in total. The third kappa shape index (κ3) is 4.93. The zero-order valence-electron chi connectivity index (χ0n) is 12.7. The van der Waals surface area contributed by atoms with Crippen molar-refractivity contribution in [3.8, 4) is 0 Å². The summed E-state index contributed by atoms with van der Waals surface area (Å²) >= 11 is 0. The van der Waals surface area contributed by atoms with Crippen molar-refractivity contribution in [2.24, 2.45) is 5.92 Å². The van der Waals surface area contributed by atoms with Gasteiger partial charge in [-0.25, -0.2) is 8.42 Å². The maximum Gasteiger partial charge on any atom is 0.223 e. The number of carbonyl (C=O) groups is 1. The Kier molecular flexibility index (Phi) is 6.01. The minimum absolute atomic E-state index is 0.0721. The third-order valence-electron chi connectivity index (χ3n) is 4.37. The number of rotatable bonds is 6. The van der Waals surface area contributed by atoms with Crippen LogP contribution in [0.15, 0.2) is 0 Å². The molecule has 0 radical (unpaired) electrons. The molecule has 2 rings (SSSR count). The fraction of sp³-hybridized carbons (Fsp3) is 0.929. The van der Waals surface area contributed by atoms with Gasteiger partial charge in [-0.2, -0.15) is 0 Å². The van der Waals surface area contributed by atoms with E-state index in [1.54, 1.807) is 12.0 Å². The number of nitrogens with zero attached hydrogens (tertiary/aromatic N) is 1. The van der Waals surface area contributed by atoms with E-state index in [1.807, 2.05) is 0 Å². The molecule has 0 aromatic rings. The van der Waals surface area contributed by atoms with Gasteiger partial charge in [0.15, 0.2) is 9.84 Å². The van der Waals surface area contributed by atoms with Gasteiger partial charge in [-0.15, -0.1) is 0 Å². The molecule has 0 aromatic heterocycles. The lowest BCUT2D eigenvalue weighted by molar-refractivity contribution is -0.135. The predicted molar refractivity (Wildman–Crippen MR) is 80.9 cm³/mol. The average molecular weight is 318 g/mol. The van der Waals surface area contributed by atoms with Crippen molar-refractivity contribution < 1.29 is 17.9 Å². The highest BCUT2D eigenvalue weighted by Gasteiger charge is 2.35. The molecule has 2 aliphatic heterocycles. The van der Waals surface area contributed by atoms with Gasteiger partial charge in [-0.1, -0.05) is 0 Å². The first-order chi connectivity index (χ1) is 10.0. The number of sulfone groups is 1. The molecule has 2 aliphatic rings. The molecule has 6 nitrogen and oxygen atoms in total. The number of hydrogen-bond acceptors (Lipinski definition) is 5. The zero-order valence-corrected chi connectivity index (χ0v) is 13.5. The van der Waals surface area contributed by atoms with Crippen LogP contribution in [0.1, 0.15) is 25.7 Å². The van der Waals surface area contributed by atoms with E-state index in [0.717, 1.165) is 25.9 Å². The Morgan fingerprint density at radius 3 is 2.76 bits per heavy atom. The van der Waals surface area contributed by atoms with Crippen LogP contribution >= 0.6 is 0 Å². The summed E-state index contributed by atoms with van der Waals surface area (Å²) in [6.07, 6.45) is 3.24. The fourth-order valence-corrected chi connectivity index (χ4v) is 4.91. The number of hydrogen-bond donors (Lipinski definition) is 1. The molecule has 0 aliphatic carbocycles. The largest absolute Gasteiger partial charge is 0.383 e. The number of piperidine rings is 1. The summed E-state index contributed by atoms with van der Waals surface area (Å²) in [4.78, 5) is 14.3. The molecule has 2 atom stereocenters. The van der Waals surface area contributed by atoms with Crippen LogP contribution in [0.2, 0.25) is 0 Å². The van der Waals surface area contributed by atoms with E-state index < -0.39 is 9.84 Å². The van der Waals surface area contributed by atoms with E-state index in [9.17, 15) is 13.2 Å². The highest BCUT2D eigenvalue weighted by molar-refractivity contribution is 7.91. The van der Waals surface area contributed by atoms with Gasteiger partial charge in [0.25, 0.3) is 0 Å².